The molecule has 2 aromatic carbocycles. The topological polar surface area (TPSA) is 69.7 Å². The summed E-state index contributed by atoms with van der Waals surface area (Å²) in [6.45, 7) is 1.08. The molecule has 0 saturated carbocycles. The molecule has 1 aliphatic rings. The zero-order valence-corrected chi connectivity index (χ0v) is 18.9. The number of hydrogen-bond donors (Lipinski definition) is 1. The summed E-state index contributed by atoms with van der Waals surface area (Å²) in [6, 6.07) is 16.5. The van der Waals surface area contributed by atoms with E-state index >= 15 is 0 Å². The van der Waals surface area contributed by atoms with Gasteiger partial charge in [0.15, 0.2) is 9.84 Å². The quantitative estimate of drug-likeness (QED) is 0.703. The minimum atomic E-state index is -3.03. The highest BCUT2D eigenvalue weighted by atomic mass is 35.5. The summed E-state index contributed by atoms with van der Waals surface area (Å²) in [4.78, 5) is 17.3. The number of nitrogens with zero attached hydrogens (tertiary/aromatic N) is 2. The molecule has 1 N–H and O–H groups in total. The van der Waals surface area contributed by atoms with Gasteiger partial charge in [0.05, 0.1) is 17.5 Å². The Morgan fingerprint density at radius 1 is 1.07 bits per heavy atom. The monoisotopic (exact) mass is 449 g/mol. The van der Waals surface area contributed by atoms with Gasteiger partial charge in [-0.2, -0.15) is 0 Å². The third-order valence-electron chi connectivity index (χ3n) is 5.47. The van der Waals surface area contributed by atoms with E-state index in [9.17, 15) is 13.2 Å². The molecular formula is C22H28ClN3O3S. The highest BCUT2D eigenvalue weighted by Gasteiger charge is 2.33. The predicted molar refractivity (Wildman–Crippen MR) is 120 cm³/mol. The second-order valence-electron chi connectivity index (χ2n) is 7.75. The van der Waals surface area contributed by atoms with Gasteiger partial charge >= 0.3 is 0 Å². The van der Waals surface area contributed by atoms with Crippen molar-refractivity contribution >= 4 is 27.3 Å². The summed E-state index contributed by atoms with van der Waals surface area (Å²) < 4.78 is 23.7. The molecule has 3 rings (SSSR count). The van der Waals surface area contributed by atoms with Crippen LogP contribution in [0.5, 0.6) is 0 Å². The number of hydrogen-bond acceptors (Lipinski definition) is 5. The van der Waals surface area contributed by atoms with E-state index in [4.69, 9.17) is 11.6 Å². The van der Waals surface area contributed by atoms with Crippen molar-refractivity contribution in [2.75, 3.05) is 45.2 Å². The number of likely N-dealkylation sites (N-methyl/N-ethyl adjacent to an activating group) is 1. The third-order valence-corrected chi connectivity index (χ3v) is 7.42. The van der Waals surface area contributed by atoms with E-state index in [1.165, 1.54) is 0 Å². The predicted octanol–water partition coefficient (Wildman–Crippen LogP) is 2.53. The lowest BCUT2D eigenvalue weighted by atomic mass is 10.0. The normalized spacial score (nSPS) is 18.7. The molecule has 30 heavy (non-hydrogen) atoms. The molecule has 0 aliphatic carbocycles. The molecule has 162 valence electrons. The van der Waals surface area contributed by atoms with Gasteiger partial charge in [-0.1, -0.05) is 60.1 Å². The number of amides is 1. The van der Waals surface area contributed by atoms with Crippen LogP contribution in [0.25, 0.3) is 0 Å². The molecule has 6 nitrogen and oxygen atoms in total. The average Bonchev–Trinajstić information content (AvgIpc) is 2.71. The molecule has 0 spiro atoms. The van der Waals surface area contributed by atoms with E-state index in [2.05, 4.69) is 5.32 Å². The molecule has 2 atom stereocenters. The molecule has 1 saturated heterocycles. The Morgan fingerprint density at radius 2 is 1.67 bits per heavy atom. The SMILES string of the molecule is CN(C)C(CNC(=O)C(c1ccccc1)N1CCS(=O)(=O)CC1)c1ccccc1Cl. The maximum atomic E-state index is 13.3. The largest absolute Gasteiger partial charge is 0.353 e. The summed E-state index contributed by atoms with van der Waals surface area (Å²) in [5.74, 6) is 0.00651. The van der Waals surface area contributed by atoms with Crippen molar-refractivity contribution in [1.82, 2.24) is 15.1 Å². The number of benzene rings is 2. The van der Waals surface area contributed by atoms with Crippen LogP contribution in [-0.4, -0.2) is 69.4 Å². The maximum absolute atomic E-state index is 13.3. The summed E-state index contributed by atoms with van der Waals surface area (Å²) >= 11 is 6.38. The lowest BCUT2D eigenvalue weighted by molar-refractivity contribution is -0.126. The van der Waals surface area contributed by atoms with Crippen LogP contribution in [0.1, 0.15) is 23.2 Å². The van der Waals surface area contributed by atoms with Gasteiger partial charge in [-0.15, -0.1) is 0 Å². The molecule has 0 aromatic heterocycles. The van der Waals surface area contributed by atoms with Crippen molar-refractivity contribution in [3.8, 4) is 0 Å². The van der Waals surface area contributed by atoms with Crippen LogP contribution in [0.4, 0.5) is 0 Å². The number of sulfone groups is 1. The van der Waals surface area contributed by atoms with E-state index in [-0.39, 0.29) is 23.5 Å². The first kappa shape index (κ1) is 22.7. The lowest BCUT2D eigenvalue weighted by Crippen LogP contribution is -2.48. The van der Waals surface area contributed by atoms with Crippen LogP contribution in [0.15, 0.2) is 54.6 Å². The zero-order valence-electron chi connectivity index (χ0n) is 17.3. The molecule has 2 aromatic rings. The van der Waals surface area contributed by atoms with E-state index in [1.807, 2.05) is 78.5 Å². The Morgan fingerprint density at radius 3 is 2.27 bits per heavy atom. The van der Waals surface area contributed by atoms with E-state index in [0.717, 1.165) is 11.1 Å². The summed E-state index contributed by atoms with van der Waals surface area (Å²) in [7, 11) is 0.868. The van der Waals surface area contributed by atoms with Crippen molar-refractivity contribution in [1.29, 1.82) is 0 Å². The van der Waals surface area contributed by atoms with Crippen LogP contribution in [0.2, 0.25) is 5.02 Å². The Labute approximate surface area is 183 Å². The second-order valence-corrected chi connectivity index (χ2v) is 10.5. The summed E-state index contributed by atoms with van der Waals surface area (Å²) in [5, 5.41) is 3.73. The van der Waals surface area contributed by atoms with E-state index in [0.29, 0.717) is 24.7 Å². The van der Waals surface area contributed by atoms with Crippen LogP contribution < -0.4 is 5.32 Å². The molecule has 2 unspecified atom stereocenters. The number of halogens is 1. The standard InChI is InChI=1S/C22H28ClN3O3S/c1-25(2)20(18-10-6-7-11-19(18)23)16-24-22(27)21(17-8-4-3-5-9-17)26-12-14-30(28,29)15-13-26/h3-11,20-21H,12-16H2,1-2H3,(H,24,27). The molecule has 0 radical (unpaired) electrons. The van der Waals surface area contributed by atoms with Crippen LogP contribution >= 0.6 is 11.6 Å². The first-order valence-electron chi connectivity index (χ1n) is 9.96. The number of carbonyl (C=O) groups excluding carboxylic acids is 1. The fourth-order valence-electron chi connectivity index (χ4n) is 3.76. The minimum absolute atomic E-state index is 0.0730. The van der Waals surface area contributed by atoms with Crippen LogP contribution in [-0.2, 0) is 14.6 Å². The molecule has 1 aliphatic heterocycles. The van der Waals surface area contributed by atoms with Gasteiger partial charge in [0, 0.05) is 24.7 Å². The molecule has 1 amide bonds. The lowest BCUT2D eigenvalue weighted by Gasteiger charge is -2.34. The van der Waals surface area contributed by atoms with Crippen LogP contribution in [0, 0.1) is 0 Å². The molecule has 0 bridgehead atoms. The van der Waals surface area contributed by atoms with Crippen molar-refractivity contribution in [2.24, 2.45) is 0 Å². The van der Waals surface area contributed by atoms with Gasteiger partial charge in [-0.3, -0.25) is 9.69 Å². The highest BCUT2D eigenvalue weighted by Crippen LogP contribution is 2.27. The number of rotatable bonds is 7. The Kier molecular flexibility index (Phi) is 7.52. The second kappa shape index (κ2) is 9.92. The zero-order chi connectivity index (χ0) is 21.7. The van der Waals surface area contributed by atoms with Crippen LogP contribution in [0.3, 0.4) is 0 Å². The first-order chi connectivity index (χ1) is 14.3. The molecule has 1 fully saturated rings. The highest BCUT2D eigenvalue weighted by molar-refractivity contribution is 7.91. The van der Waals surface area contributed by atoms with Gasteiger partial charge in [-0.25, -0.2) is 8.42 Å². The van der Waals surface area contributed by atoms with Crippen molar-refractivity contribution in [3.63, 3.8) is 0 Å². The van der Waals surface area contributed by atoms with E-state index in [1.54, 1.807) is 0 Å². The van der Waals surface area contributed by atoms with Crippen molar-refractivity contribution in [3.05, 3.63) is 70.7 Å². The number of carbonyl (C=O) groups is 1. The third kappa shape index (κ3) is 5.60. The first-order valence-corrected chi connectivity index (χ1v) is 12.2. The van der Waals surface area contributed by atoms with Crippen molar-refractivity contribution < 1.29 is 13.2 Å². The Hall–Kier alpha value is -1.93. The smallest absolute Gasteiger partial charge is 0.242 e. The maximum Gasteiger partial charge on any atom is 0.242 e. The number of nitrogens with one attached hydrogen (secondary N) is 1. The Balaban J connectivity index is 1.78. The molecule has 1 heterocycles. The van der Waals surface area contributed by atoms with Crippen molar-refractivity contribution in [2.45, 2.75) is 12.1 Å². The van der Waals surface area contributed by atoms with Gasteiger partial charge in [0.2, 0.25) is 5.91 Å². The Bertz CT molecular complexity index is 953. The average molecular weight is 450 g/mol. The van der Waals surface area contributed by atoms with Gasteiger partial charge in [0.1, 0.15) is 6.04 Å². The van der Waals surface area contributed by atoms with Gasteiger partial charge in [-0.05, 0) is 31.3 Å². The molecule has 8 heteroatoms. The molecular weight excluding hydrogens is 422 g/mol. The van der Waals surface area contributed by atoms with E-state index < -0.39 is 15.9 Å². The fourth-order valence-corrected chi connectivity index (χ4v) is 5.25. The minimum Gasteiger partial charge on any atom is -0.353 e. The summed E-state index contributed by atoms with van der Waals surface area (Å²) in [6.07, 6.45) is 0. The van der Waals surface area contributed by atoms with Gasteiger partial charge < -0.3 is 10.2 Å². The van der Waals surface area contributed by atoms with Gasteiger partial charge in [0.25, 0.3) is 0 Å². The fraction of sp³-hybridized carbons (Fsp3) is 0.409. The summed E-state index contributed by atoms with van der Waals surface area (Å²) in [5.41, 5.74) is 1.80.